The zero-order valence-corrected chi connectivity index (χ0v) is 21.9. The van der Waals surface area contributed by atoms with Crippen LogP contribution in [-0.4, -0.2) is 21.8 Å². The van der Waals surface area contributed by atoms with Gasteiger partial charge in [0.15, 0.2) is 0 Å². The van der Waals surface area contributed by atoms with Crippen molar-refractivity contribution in [2.45, 2.75) is 155 Å². The van der Waals surface area contributed by atoms with Crippen LogP contribution in [0.1, 0.15) is 143 Å². The molecule has 0 saturated carbocycles. The van der Waals surface area contributed by atoms with Crippen LogP contribution in [0.25, 0.3) is 0 Å². The van der Waals surface area contributed by atoms with E-state index in [2.05, 4.69) is 27.7 Å². The first-order chi connectivity index (χ1) is 14.2. The average molecular weight is 429 g/mol. The summed E-state index contributed by atoms with van der Waals surface area (Å²) in [6.07, 6.45) is 25.1. The molecule has 0 rings (SSSR count). The molecule has 0 heterocycles. The molecule has 0 unspecified atom stereocenters. The van der Waals surface area contributed by atoms with Gasteiger partial charge in [-0.25, -0.2) is 0 Å². The summed E-state index contributed by atoms with van der Waals surface area (Å²) in [5.74, 6) is 0. The minimum atomic E-state index is -1.96. The Kier molecular flexibility index (Phi) is 22.9. The predicted octanol–water partition coefficient (Wildman–Crippen LogP) is 9.56. The molecule has 0 spiro atoms. The maximum Gasteiger partial charge on any atom is 0.338 e. The van der Waals surface area contributed by atoms with Crippen LogP contribution in [0.5, 0.6) is 0 Å². The fourth-order valence-corrected chi connectivity index (χ4v) is 7.93. The van der Waals surface area contributed by atoms with Crippen LogP contribution in [0.2, 0.25) is 12.1 Å². The molecule has 0 aliphatic rings. The Balaban J connectivity index is 3.87. The van der Waals surface area contributed by atoms with E-state index in [4.69, 9.17) is 8.85 Å². The van der Waals surface area contributed by atoms with E-state index in [1.807, 2.05) is 0 Å². The lowest BCUT2D eigenvalue weighted by Gasteiger charge is -2.30. The van der Waals surface area contributed by atoms with E-state index in [0.29, 0.717) is 0 Å². The van der Waals surface area contributed by atoms with Crippen molar-refractivity contribution in [2.75, 3.05) is 13.2 Å². The van der Waals surface area contributed by atoms with Crippen molar-refractivity contribution in [2.24, 2.45) is 0 Å². The van der Waals surface area contributed by atoms with Crippen LogP contribution in [0, 0.1) is 0 Å². The first-order valence-corrected chi connectivity index (χ1v) is 15.8. The van der Waals surface area contributed by atoms with E-state index < -0.39 is 8.56 Å². The van der Waals surface area contributed by atoms with Gasteiger partial charge in [0.25, 0.3) is 0 Å². The van der Waals surface area contributed by atoms with Crippen molar-refractivity contribution >= 4 is 8.56 Å². The highest BCUT2D eigenvalue weighted by atomic mass is 28.4. The number of hydrogen-bond acceptors (Lipinski definition) is 2. The molecule has 0 N–H and O–H groups in total. The van der Waals surface area contributed by atoms with Gasteiger partial charge in [-0.05, 0) is 25.9 Å². The Labute approximate surface area is 186 Å². The van der Waals surface area contributed by atoms with Crippen LogP contribution in [0.4, 0.5) is 0 Å². The first-order valence-electron chi connectivity index (χ1n) is 13.5. The van der Waals surface area contributed by atoms with Crippen molar-refractivity contribution in [3.63, 3.8) is 0 Å². The lowest BCUT2D eigenvalue weighted by Crippen LogP contribution is -2.42. The van der Waals surface area contributed by atoms with E-state index in [1.165, 1.54) is 128 Å². The summed E-state index contributed by atoms with van der Waals surface area (Å²) in [6.45, 7) is 10.5. The molecule has 0 radical (unpaired) electrons. The molecule has 0 aliphatic heterocycles. The van der Waals surface area contributed by atoms with Crippen molar-refractivity contribution in [3.8, 4) is 0 Å². The maximum atomic E-state index is 6.31. The van der Waals surface area contributed by atoms with Gasteiger partial charge in [-0.3, -0.25) is 0 Å². The Hall–Kier alpha value is 0.137. The van der Waals surface area contributed by atoms with Gasteiger partial charge in [0.1, 0.15) is 0 Å². The van der Waals surface area contributed by atoms with E-state index >= 15 is 0 Å². The molecule has 0 aromatic carbocycles. The molecular weight excluding hydrogens is 372 g/mol. The normalized spacial score (nSPS) is 12.0. The summed E-state index contributed by atoms with van der Waals surface area (Å²) in [6, 6.07) is 2.42. The molecule has 0 bridgehead atoms. The highest BCUT2D eigenvalue weighted by Crippen LogP contribution is 2.26. The molecular formula is C26H56O2Si. The van der Waals surface area contributed by atoms with Gasteiger partial charge in [-0.1, -0.05) is 129 Å². The first kappa shape index (κ1) is 29.1. The largest absolute Gasteiger partial charge is 0.394 e. The zero-order chi connectivity index (χ0) is 21.5. The minimum absolute atomic E-state index is 0.820. The Morgan fingerprint density at radius 1 is 0.379 bits per heavy atom. The molecule has 0 amide bonds. The van der Waals surface area contributed by atoms with E-state index in [0.717, 1.165) is 13.2 Å². The molecule has 2 nitrogen and oxygen atoms in total. The molecule has 0 aromatic rings. The summed E-state index contributed by atoms with van der Waals surface area (Å²) < 4.78 is 12.6. The van der Waals surface area contributed by atoms with Gasteiger partial charge >= 0.3 is 8.56 Å². The Morgan fingerprint density at radius 3 is 0.931 bits per heavy atom. The fraction of sp³-hybridized carbons (Fsp3) is 1.00. The number of unbranched alkanes of at least 4 members (excludes halogenated alkanes) is 16. The Bertz CT molecular complexity index is 303. The second kappa shape index (κ2) is 22.8. The molecule has 176 valence electrons. The van der Waals surface area contributed by atoms with Crippen LogP contribution in [-0.2, 0) is 8.85 Å². The van der Waals surface area contributed by atoms with Crippen LogP contribution < -0.4 is 0 Å². The number of hydrogen-bond donors (Lipinski definition) is 0. The standard InChI is InChI=1S/C26H56O2Si/c1-5-9-11-13-15-16-17-18-19-20-22-24-26-29(27-7-3,28-8-4)25-23-21-14-12-10-6-2/h5-26H2,1-4H3. The summed E-state index contributed by atoms with van der Waals surface area (Å²) >= 11 is 0. The van der Waals surface area contributed by atoms with Gasteiger partial charge in [0, 0.05) is 13.2 Å². The third kappa shape index (κ3) is 18.6. The van der Waals surface area contributed by atoms with Gasteiger partial charge in [-0.15, -0.1) is 0 Å². The lowest BCUT2D eigenvalue weighted by molar-refractivity contribution is 0.180. The lowest BCUT2D eigenvalue weighted by atomic mass is 10.1. The van der Waals surface area contributed by atoms with Crippen LogP contribution in [0.15, 0.2) is 0 Å². The second-order valence-electron chi connectivity index (χ2n) is 8.93. The van der Waals surface area contributed by atoms with E-state index in [9.17, 15) is 0 Å². The van der Waals surface area contributed by atoms with Crippen molar-refractivity contribution in [1.29, 1.82) is 0 Å². The Morgan fingerprint density at radius 2 is 0.655 bits per heavy atom. The highest BCUT2D eigenvalue weighted by Gasteiger charge is 2.35. The van der Waals surface area contributed by atoms with Crippen LogP contribution >= 0.6 is 0 Å². The monoisotopic (exact) mass is 428 g/mol. The molecule has 3 heteroatoms. The second-order valence-corrected chi connectivity index (χ2v) is 12.3. The van der Waals surface area contributed by atoms with E-state index in [1.54, 1.807) is 0 Å². The topological polar surface area (TPSA) is 18.5 Å². The molecule has 0 aliphatic carbocycles. The van der Waals surface area contributed by atoms with Crippen LogP contribution in [0.3, 0.4) is 0 Å². The van der Waals surface area contributed by atoms with Gasteiger partial charge in [-0.2, -0.15) is 0 Å². The zero-order valence-electron chi connectivity index (χ0n) is 20.9. The van der Waals surface area contributed by atoms with Gasteiger partial charge in [0.05, 0.1) is 0 Å². The SMILES string of the molecule is CCCCCCCCCCCCCC[Si](CCCCCCCC)(OCC)OCC. The predicted molar refractivity (Wildman–Crippen MR) is 133 cm³/mol. The average Bonchev–Trinajstić information content (AvgIpc) is 2.72. The smallest absolute Gasteiger partial charge is 0.338 e. The fourth-order valence-electron chi connectivity index (χ4n) is 4.39. The molecule has 0 fully saturated rings. The maximum absolute atomic E-state index is 6.31. The molecule has 0 aromatic heterocycles. The molecule has 0 saturated heterocycles. The van der Waals surface area contributed by atoms with Crippen molar-refractivity contribution in [3.05, 3.63) is 0 Å². The quantitative estimate of drug-likeness (QED) is 0.112. The third-order valence-electron chi connectivity index (χ3n) is 6.14. The van der Waals surface area contributed by atoms with Gasteiger partial charge in [0.2, 0.25) is 0 Å². The van der Waals surface area contributed by atoms with Crippen molar-refractivity contribution in [1.82, 2.24) is 0 Å². The van der Waals surface area contributed by atoms with E-state index in [-0.39, 0.29) is 0 Å². The summed E-state index contributed by atoms with van der Waals surface area (Å²) in [4.78, 5) is 0. The highest BCUT2D eigenvalue weighted by molar-refractivity contribution is 6.67. The van der Waals surface area contributed by atoms with Crippen molar-refractivity contribution < 1.29 is 8.85 Å². The number of rotatable bonds is 24. The molecule has 0 atom stereocenters. The summed E-state index contributed by atoms with van der Waals surface area (Å²) in [5, 5.41) is 0. The minimum Gasteiger partial charge on any atom is -0.394 e. The summed E-state index contributed by atoms with van der Waals surface area (Å²) in [5.41, 5.74) is 0. The third-order valence-corrected chi connectivity index (χ3v) is 10.00. The van der Waals surface area contributed by atoms with Gasteiger partial charge < -0.3 is 8.85 Å². The molecule has 29 heavy (non-hydrogen) atoms. The summed E-state index contributed by atoms with van der Waals surface area (Å²) in [7, 11) is -1.96.